The highest BCUT2D eigenvalue weighted by molar-refractivity contribution is 5.84. The standard InChI is InChI=1S/C14H22N4O3/c1-10(2)14-16-12(21-17-14)6-5-11(19)15-9-13(20)18-7-3-4-8-18/h10H,3-9H2,1-2H3,(H,15,19). The molecular formula is C14H22N4O3. The summed E-state index contributed by atoms with van der Waals surface area (Å²) in [5, 5.41) is 6.48. The zero-order valence-corrected chi connectivity index (χ0v) is 12.6. The molecular weight excluding hydrogens is 272 g/mol. The van der Waals surface area contributed by atoms with E-state index in [-0.39, 0.29) is 30.7 Å². The lowest BCUT2D eigenvalue weighted by atomic mass is 10.2. The van der Waals surface area contributed by atoms with Crippen molar-refractivity contribution in [3.8, 4) is 0 Å². The molecule has 116 valence electrons. The molecule has 2 rings (SSSR count). The first kappa shape index (κ1) is 15.5. The minimum absolute atomic E-state index is 0.0132. The molecule has 1 fully saturated rings. The fourth-order valence-electron chi connectivity index (χ4n) is 2.17. The van der Waals surface area contributed by atoms with Gasteiger partial charge in [-0.25, -0.2) is 0 Å². The van der Waals surface area contributed by atoms with E-state index < -0.39 is 0 Å². The topological polar surface area (TPSA) is 88.3 Å². The number of amides is 2. The Morgan fingerprint density at radius 1 is 1.33 bits per heavy atom. The first-order chi connectivity index (χ1) is 10.1. The van der Waals surface area contributed by atoms with Crippen LogP contribution in [0, 0.1) is 0 Å². The number of hydrogen-bond acceptors (Lipinski definition) is 5. The molecule has 2 amide bonds. The molecule has 7 heteroatoms. The highest BCUT2D eigenvalue weighted by atomic mass is 16.5. The lowest BCUT2D eigenvalue weighted by Gasteiger charge is -2.15. The van der Waals surface area contributed by atoms with Gasteiger partial charge in [-0.2, -0.15) is 4.98 Å². The summed E-state index contributed by atoms with van der Waals surface area (Å²) in [6.45, 7) is 5.62. The van der Waals surface area contributed by atoms with Crippen LogP contribution in [0.3, 0.4) is 0 Å². The lowest BCUT2D eigenvalue weighted by molar-refractivity contribution is -0.132. The third-order valence-corrected chi connectivity index (χ3v) is 3.46. The van der Waals surface area contributed by atoms with Crippen molar-refractivity contribution >= 4 is 11.8 Å². The maximum atomic E-state index is 11.8. The second kappa shape index (κ2) is 7.19. The molecule has 1 aliphatic rings. The summed E-state index contributed by atoms with van der Waals surface area (Å²) in [7, 11) is 0. The number of rotatable bonds is 6. The first-order valence-electron chi connectivity index (χ1n) is 7.43. The summed E-state index contributed by atoms with van der Waals surface area (Å²) in [5.41, 5.74) is 0. The van der Waals surface area contributed by atoms with Crippen LogP contribution in [-0.2, 0) is 16.0 Å². The average Bonchev–Trinajstić information content (AvgIpc) is 3.13. The Labute approximate surface area is 124 Å². The van der Waals surface area contributed by atoms with Crippen molar-refractivity contribution in [3.63, 3.8) is 0 Å². The van der Waals surface area contributed by atoms with Gasteiger partial charge in [-0.15, -0.1) is 0 Å². The van der Waals surface area contributed by atoms with E-state index in [2.05, 4.69) is 15.5 Å². The number of carbonyl (C=O) groups is 2. The molecule has 0 aromatic carbocycles. The van der Waals surface area contributed by atoms with Gasteiger partial charge >= 0.3 is 0 Å². The largest absolute Gasteiger partial charge is 0.347 e. The Bertz CT molecular complexity index is 492. The number of hydrogen-bond donors (Lipinski definition) is 1. The maximum Gasteiger partial charge on any atom is 0.241 e. The van der Waals surface area contributed by atoms with Gasteiger partial charge < -0.3 is 14.7 Å². The number of likely N-dealkylation sites (tertiary alicyclic amines) is 1. The van der Waals surface area contributed by atoms with E-state index in [0.29, 0.717) is 18.1 Å². The Hall–Kier alpha value is -1.92. The fourth-order valence-corrected chi connectivity index (χ4v) is 2.17. The summed E-state index contributed by atoms with van der Waals surface area (Å²) >= 11 is 0. The molecule has 0 atom stereocenters. The quantitative estimate of drug-likeness (QED) is 0.841. The minimum atomic E-state index is -0.174. The van der Waals surface area contributed by atoms with Gasteiger partial charge in [0.1, 0.15) is 0 Å². The number of carbonyl (C=O) groups excluding carboxylic acids is 2. The first-order valence-corrected chi connectivity index (χ1v) is 7.43. The zero-order valence-electron chi connectivity index (χ0n) is 12.6. The Balaban J connectivity index is 1.68. The number of nitrogens with zero attached hydrogens (tertiary/aromatic N) is 3. The Morgan fingerprint density at radius 3 is 2.67 bits per heavy atom. The SMILES string of the molecule is CC(C)c1noc(CCC(=O)NCC(=O)N2CCCC2)n1. The zero-order chi connectivity index (χ0) is 15.2. The monoisotopic (exact) mass is 294 g/mol. The van der Waals surface area contributed by atoms with Crippen molar-refractivity contribution in [1.82, 2.24) is 20.4 Å². The molecule has 0 radical (unpaired) electrons. The predicted octanol–water partition coefficient (Wildman–Crippen LogP) is 0.864. The molecule has 1 saturated heterocycles. The van der Waals surface area contributed by atoms with Crippen molar-refractivity contribution in [2.45, 2.75) is 45.4 Å². The van der Waals surface area contributed by atoms with E-state index in [4.69, 9.17) is 4.52 Å². The van der Waals surface area contributed by atoms with E-state index in [9.17, 15) is 9.59 Å². The molecule has 21 heavy (non-hydrogen) atoms. The predicted molar refractivity (Wildman–Crippen MR) is 75.5 cm³/mol. The van der Waals surface area contributed by atoms with Crippen LogP contribution < -0.4 is 5.32 Å². The summed E-state index contributed by atoms with van der Waals surface area (Å²) < 4.78 is 5.07. The van der Waals surface area contributed by atoms with Crippen LogP contribution >= 0.6 is 0 Å². The van der Waals surface area contributed by atoms with Gasteiger partial charge in [0, 0.05) is 31.8 Å². The van der Waals surface area contributed by atoms with Gasteiger partial charge in [0.15, 0.2) is 5.82 Å². The molecule has 0 saturated carbocycles. The summed E-state index contributed by atoms with van der Waals surface area (Å²) in [6, 6.07) is 0. The lowest BCUT2D eigenvalue weighted by Crippen LogP contribution is -2.38. The fraction of sp³-hybridized carbons (Fsp3) is 0.714. The molecule has 0 unspecified atom stereocenters. The van der Waals surface area contributed by atoms with Crippen LogP contribution in [0.5, 0.6) is 0 Å². The molecule has 0 bridgehead atoms. The summed E-state index contributed by atoms with van der Waals surface area (Å²) in [6.07, 6.45) is 2.74. The Kier molecular flexibility index (Phi) is 5.30. The van der Waals surface area contributed by atoms with Crippen LogP contribution in [0.15, 0.2) is 4.52 Å². The van der Waals surface area contributed by atoms with Crippen molar-refractivity contribution in [3.05, 3.63) is 11.7 Å². The normalized spacial score (nSPS) is 14.7. The highest BCUT2D eigenvalue weighted by Gasteiger charge is 2.18. The second-order valence-electron chi connectivity index (χ2n) is 5.57. The molecule has 1 aromatic rings. The van der Waals surface area contributed by atoms with Crippen molar-refractivity contribution < 1.29 is 14.1 Å². The minimum Gasteiger partial charge on any atom is -0.347 e. The van der Waals surface area contributed by atoms with Crippen molar-refractivity contribution in [2.75, 3.05) is 19.6 Å². The molecule has 2 heterocycles. The van der Waals surface area contributed by atoms with E-state index in [1.54, 1.807) is 4.90 Å². The van der Waals surface area contributed by atoms with Crippen LogP contribution in [0.25, 0.3) is 0 Å². The van der Waals surface area contributed by atoms with Crippen LogP contribution in [0.1, 0.15) is 50.7 Å². The maximum absolute atomic E-state index is 11.8. The van der Waals surface area contributed by atoms with Gasteiger partial charge in [0.25, 0.3) is 0 Å². The molecule has 0 aliphatic carbocycles. The second-order valence-corrected chi connectivity index (χ2v) is 5.57. The molecule has 1 aromatic heterocycles. The molecule has 7 nitrogen and oxygen atoms in total. The van der Waals surface area contributed by atoms with Crippen molar-refractivity contribution in [2.24, 2.45) is 0 Å². The summed E-state index contributed by atoms with van der Waals surface area (Å²) in [4.78, 5) is 29.5. The molecule has 1 aliphatic heterocycles. The molecule has 1 N–H and O–H groups in total. The van der Waals surface area contributed by atoms with E-state index >= 15 is 0 Å². The van der Waals surface area contributed by atoms with Gasteiger partial charge in [0.2, 0.25) is 17.7 Å². The smallest absolute Gasteiger partial charge is 0.241 e. The highest BCUT2D eigenvalue weighted by Crippen LogP contribution is 2.10. The average molecular weight is 294 g/mol. The Morgan fingerprint density at radius 2 is 2.05 bits per heavy atom. The van der Waals surface area contributed by atoms with E-state index in [0.717, 1.165) is 25.9 Å². The number of aromatic nitrogens is 2. The third kappa shape index (κ3) is 4.54. The van der Waals surface area contributed by atoms with Crippen molar-refractivity contribution in [1.29, 1.82) is 0 Å². The molecule has 0 spiro atoms. The van der Waals surface area contributed by atoms with E-state index in [1.165, 1.54) is 0 Å². The van der Waals surface area contributed by atoms with Crippen LogP contribution in [-0.4, -0.2) is 46.5 Å². The third-order valence-electron chi connectivity index (χ3n) is 3.46. The number of nitrogens with one attached hydrogen (secondary N) is 1. The van der Waals surface area contributed by atoms with Gasteiger partial charge in [-0.1, -0.05) is 19.0 Å². The van der Waals surface area contributed by atoms with Gasteiger partial charge in [-0.05, 0) is 12.8 Å². The number of aryl methyl sites for hydroxylation is 1. The summed E-state index contributed by atoms with van der Waals surface area (Å²) in [5.74, 6) is 1.12. The van der Waals surface area contributed by atoms with E-state index in [1.807, 2.05) is 13.8 Å². The van der Waals surface area contributed by atoms with Gasteiger partial charge in [0.05, 0.1) is 6.54 Å². The van der Waals surface area contributed by atoms with Crippen LogP contribution in [0.4, 0.5) is 0 Å². The van der Waals surface area contributed by atoms with Crippen LogP contribution in [0.2, 0.25) is 0 Å². The van der Waals surface area contributed by atoms with Gasteiger partial charge in [-0.3, -0.25) is 9.59 Å².